The van der Waals surface area contributed by atoms with Gasteiger partial charge in [0.1, 0.15) is 23.1 Å². The number of hydrogen-bond donors (Lipinski definition) is 1. The van der Waals surface area contributed by atoms with Gasteiger partial charge >= 0.3 is 0 Å². The summed E-state index contributed by atoms with van der Waals surface area (Å²) in [5.41, 5.74) is 7.80. The molecule has 0 atom stereocenters. The SMILES string of the molecule is COc1ccc(-c2nc(C)n(C)c2N)cc1. The summed E-state index contributed by atoms with van der Waals surface area (Å²) in [6.45, 7) is 1.93. The van der Waals surface area contributed by atoms with Crippen LogP contribution in [0.15, 0.2) is 24.3 Å². The fourth-order valence-electron chi connectivity index (χ4n) is 1.59. The topological polar surface area (TPSA) is 53.1 Å². The predicted octanol–water partition coefficient (Wildman–Crippen LogP) is 1.99. The van der Waals surface area contributed by atoms with E-state index in [0.29, 0.717) is 5.82 Å². The van der Waals surface area contributed by atoms with Gasteiger partial charge in [0.15, 0.2) is 0 Å². The van der Waals surface area contributed by atoms with Gasteiger partial charge in [0.05, 0.1) is 7.11 Å². The molecule has 2 rings (SSSR count). The first kappa shape index (κ1) is 10.5. The molecule has 0 saturated carbocycles. The lowest BCUT2D eigenvalue weighted by Gasteiger charge is -2.02. The zero-order valence-electron chi connectivity index (χ0n) is 9.69. The number of rotatable bonds is 2. The van der Waals surface area contributed by atoms with E-state index < -0.39 is 0 Å². The first-order valence-corrected chi connectivity index (χ1v) is 5.06. The van der Waals surface area contributed by atoms with Crippen LogP contribution in [0.5, 0.6) is 5.75 Å². The van der Waals surface area contributed by atoms with Crippen LogP contribution in [0.2, 0.25) is 0 Å². The fraction of sp³-hybridized carbons (Fsp3) is 0.250. The summed E-state index contributed by atoms with van der Waals surface area (Å²) in [6.07, 6.45) is 0. The number of nitrogens with zero attached hydrogens (tertiary/aromatic N) is 2. The van der Waals surface area contributed by atoms with E-state index >= 15 is 0 Å². The number of nitrogens with two attached hydrogens (primary N) is 1. The zero-order chi connectivity index (χ0) is 11.7. The minimum Gasteiger partial charge on any atom is -0.497 e. The highest BCUT2D eigenvalue weighted by molar-refractivity contribution is 5.71. The van der Waals surface area contributed by atoms with Crippen LogP contribution in [-0.2, 0) is 7.05 Å². The van der Waals surface area contributed by atoms with E-state index in [0.717, 1.165) is 22.8 Å². The number of ether oxygens (including phenoxy) is 1. The Labute approximate surface area is 94.7 Å². The second kappa shape index (κ2) is 3.89. The first-order valence-electron chi connectivity index (χ1n) is 5.06. The molecule has 0 saturated heterocycles. The fourth-order valence-corrected chi connectivity index (χ4v) is 1.59. The van der Waals surface area contributed by atoms with Crippen LogP contribution in [0.4, 0.5) is 5.82 Å². The molecule has 4 heteroatoms. The van der Waals surface area contributed by atoms with E-state index in [1.807, 2.05) is 42.8 Å². The van der Waals surface area contributed by atoms with E-state index in [2.05, 4.69) is 4.98 Å². The first-order chi connectivity index (χ1) is 7.63. The highest BCUT2D eigenvalue weighted by atomic mass is 16.5. The summed E-state index contributed by atoms with van der Waals surface area (Å²) < 4.78 is 6.98. The predicted molar refractivity (Wildman–Crippen MR) is 64.3 cm³/mol. The maximum Gasteiger partial charge on any atom is 0.131 e. The lowest BCUT2D eigenvalue weighted by molar-refractivity contribution is 0.415. The third kappa shape index (κ3) is 1.62. The van der Waals surface area contributed by atoms with Crippen LogP contribution >= 0.6 is 0 Å². The molecule has 0 aliphatic rings. The van der Waals surface area contributed by atoms with Gasteiger partial charge in [0, 0.05) is 12.6 Å². The van der Waals surface area contributed by atoms with Gasteiger partial charge in [-0.1, -0.05) is 0 Å². The van der Waals surface area contributed by atoms with Crippen molar-refractivity contribution < 1.29 is 4.74 Å². The molecule has 4 nitrogen and oxygen atoms in total. The summed E-state index contributed by atoms with van der Waals surface area (Å²) in [5, 5.41) is 0. The largest absolute Gasteiger partial charge is 0.497 e. The van der Waals surface area contributed by atoms with Gasteiger partial charge in [-0.3, -0.25) is 0 Å². The lowest BCUT2D eigenvalue weighted by Crippen LogP contribution is -1.98. The zero-order valence-corrected chi connectivity index (χ0v) is 9.69. The summed E-state index contributed by atoms with van der Waals surface area (Å²) in [5.74, 6) is 2.42. The standard InChI is InChI=1S/C12H15N3O/c1-8-14-11(12(13)15(8)2)9-4-6-10(16-3)7-5-9/h4-7H,13H2,1-3H3. The maximum absolute atomic E-state index is 5.98. The quantitative estimate of drug-likeness (QED) is 0.836. The smallest absolute Gasteiger partial charge is 0.131 e. The Morgan fingerprint density at radius 3 is 2.31 bits per heavy atom. The third-order valence-electron chi connectivity index (χ3n) is 2.73. The number of hydrogen-bond acceptors (Lipinski definition) is 3. The van der Waals surface area contributed by atoms with E-state index in [1.54, 1.807) is 7.11 Å². The molecule has 84 valence electrons. The van der Waals surface area contributed by atoms with Gasteiger partial charge in [0.2, 0.25) is 0 Å². The van der Waals surface area contributed by atoms with Crippen molar-refractivity contribution in [2.75, 3.05) is 12.8 Å². The summed E-state index contributed by atoms with van der Waals surface area (Å²) in [4.78, 5) is 4.43. The molecule has 1 aromatic heterocycles. The molecule has 0 aliphatic carbocycles. The van der Waals surface area contributed by atoms with Gasteiger partial charge in [-0.15, -0.1) is 0 Å². The average molecular weight is 217 g/mol. The highest BCUT2D eigenvalue weighted by Gasteiger charge is 2.10. The minimum absolute atomic E-state index is 0.683. The lowest BCUT2D eigenvalue weighted by atomic mass is 10.1. The molecule has 0 fully saturated rings. The van der Waals surface area contributed by atoms with Gasteiger partial charge < -0.3 is 15.0 Å². The number of anilines is 1. The number of methoxy groups -OCH3 is 1. The number of imidazole rings is 1. The maximum atomic E-state index is 5.98. The van der Waals surface area contributed by atoms with Crippen molar-refractivity contribution in [1.29, 1.82) is 0 Å². The molecule has 1 heterocycles. The molecular formula is C12H15N3O. The van der Waals surface area contributed by atoms with Crippen molar-refractivity contribution in [2.45, 2.75) is 6.92 Å². The molecule has 1 aromatic carbocycles. The molecule has 0 spiro atoms. The van der Waals surface area contributed by atoms with Gasteiger partial charge in [-0.25, -0.2) is 4.98 Å². The van der Waals surface area contributed by atoms with Crippen LogP contribution in [0.25, 0.3) is 11.3 Å². The molecule has 0 unspecified atom stereocenters. The average Bonchev–Trinajstić information content (AvgIpc) is 2.57. The van der Waals surface area contributed by atoms with Crippen LogP contribution in [-0.4, -0.2) is 16.7 Å². The van der Waals surface area contributed by atoms with Crippen molar-refractivity contribution >= 4 is 5.82 Å². The molecule has 16 heavy (non-hydrogen) atoms. The Morgan fingerprint density at radius 1 is 1.25 bits per heavy atom. The van der Waals surface area contributed by atoms with Crippen molar-refractivity contribution in [2.24, 2.45) is 7.05 Å². The molecule has 0 amide bonds. The summed E-state index contributed by atoms with van der Waals surface area (Å²) >= 11 is 0. The van der Waals surface area contributed by atoms with Crippen molar-refractivity contribution in [3.05, 3.63) is 30.1 Å². The number of aryl methyl sites for hydroxylation is 1. The monoisotopic (exact) mass is 217 g/mol. The normalized spacial score (nSPS) is 10.4. The molecule has 0 aliphatic heterocycles. The van der Waals surface area contributed by atoms with Crippen molar-refractivity contribution in [3.63, 3.8) is 0 Å². The highest BCUT2D eigenvalue weighted by Crippen LogP contribution is 2.26. The van der Waals surface area contributed by atoms with E-state index in [-0.39, 0.29) is 0 Å². The number of nitrogen functional groups attached to an aromatic ring is 1. The third-order valence-corrected chi connectivity index (χ3v) is 2.73. The molecule has 0 bridgehead atoms. The molecule has 2 N–H and O–H groups in total. The van der Waals surface area contributed by atoms with E-state index in [9.17, 15) is 0 Å². The summed E-state index contributed by atoms with van der Waals surface area (Å²) in [7, 11) is 3.55. The second-order valence-corrected chi connectivity index (χ2v) is 3.68. The minimum atomic E-state index is 0.683. The van der Waals surface area contributed by atoms with Crippen LogP contribution < -0.4 is 10.5 Å². The van der Waals surface area contributed by atoms with E-state index in [1.165, 1.54) is 0 Å². The van der Waals surface area contributed by atoms with E-state index in [4.69, 9.17) is 10.5 Å². The van der Waals surface area contributed by atoms with Crippen LogP contribution in [0.3, 0.4) is 0 Å². The Hall–Kier alpha value is -1.97. The van der Waals surface area contributed by atoms with Crippen molar-refractivity contribution in [3.8, 4) is 17.0 Å². The van der Waals surface area contributed by atoms with Crippen LogP contribution in [0.1, 0.15) is 5.82 Å². The van der Waals surface area contributed by atoms with Gasteiger partial charge in [-0.2, -0.15) is 0 Å². The number of aromatic nitrogens is 2. The Bertz CT molecular complexity index is 500. The summed E-state index contributed by atoms with van der Waals surface area (Å²) in [6, 6.07) is 7.71. The Balaban J connectivity index is 2.46. The number of benzene rings is 1. The Kier molecular flexibility index (Phi) is 2.56. The van der Waals surface area contributed by atoms with Crippen LogP contribution in [0, 0.1) is 6.92 Å². The molecule has 2 aromatic rings. The van der Waals surface area contributed by atoms with Gasteiger partial charge in [0.25, 0.3) is 0 Å². The van der Waals surface area contributed by atoms with Crippen molar-refractivity contribution in [1.82, 2.24) is 9.55 Å². The Morgan fingerprint density at radius 2 is 1.88 bits per heavy atom. The van der Waals surface area contributed by atoms with Gasteiger partial charge in [-0.05, 0) is 31.2 Å². The molecule has 0 radical (unpaired) electrons. The molecular weight excluding hydrogens is 202 g/mol. The second-order valence-electron chi connectivity index (χ2n) is 3.68.